The van der Waals surface area contributed by atoms with Gasteiger partial charge in [0, 0.05) is 19.8 Å². The van der Waals surface area contributed by atoms with Crippen LogP contribution in [0.1, 0.15) is 12.1 Å². The Hall–Kier alpha value is -0.870. The molecule has 4 nitrogen and oxygen atoms in total. The van der Waals surface area contributed by atoms with Crippen LogP contribution in [0, 0.1) is 0 Å². The van der Waals surface area contributed by atoms with Crippen molar-refractivity contribution in [3.05, 3.63) is 18.0 Å². The number of nitrogens with one attached hydrogen (secondary N) is 1. The lowest BCUT2D eigenvalue weighted by molar-refractivity contribution is 0.633. The first-order chi connectivity index (χ1) is 5.83. The Kier molecular flexibility index (Phi) is 3.76. The van der Waals surface area contributed by atoms with Gasteiger partial charge >= 0.3 is 0 Å². The lowest BCUT2D eigenvalue weighted by atomic mass is 10.4. The molecule has 1 aromatic heterocycles. The summed E-state index contributed by atoms with van der Waals surface area (Å²) in [5.41, 5.74) is 6.43. The minimum absolute atomic E-state index is 0.745. The molecule has 0 unspecified atom stereocenters. The SMILES string of the molecule is Cn1ccc(CNCCCN)n1. The zero-order valence-electron chi connectivity index (χ0n) is 7.45. The maximum atomic E-state index is 5.35. The Morgan fingerprint density at radius 2 is 2.50 bits per heavy atom. The Morgan fingerprint density at radius 1 is 1.67 bits per heavy atom. The summed E-state index contributed by atoms with van der Waals surface area (Å²) in [7, 11) is 1.92. The quantitative estimate of drug-likeness (QED) is 0.602. The minimum atomic E-state index is 0.745. The molecule has 4 heteroatoms. The number of nitrogens with two attached hydrogens (primary N) is 1. The monoisotopic (exact) mass is 168 g/mol. The molecule has 0 radical (unpaired) electrons. The fourth-order valence-corrected chi connectivity index (χ4v) is 1.00. The summed E-state index contributed by atoms with van der Waals surface area (Å²) in [4.78, 5) is 0. The normalized spacial score (nSPS) is 10.5. The summed E-state index contributed by atoms with van der Waals surface area (Å²) in [6, 6.07) is 2.01. The van der Waals surface area contributed by atoms with Crippen LogP contribution in [0.15, 0.2) is 12.3 Å². The van der Waals surface area contributed by atoms with Crippen LogP contribution in [0.3, 0.4) is 0 Å². The van der Waals surface area contributed by atoms with Gasteiger partial charge in [-0.3, -0.25) is 4.68 Å². The topological polar surface area (TPSA) is 55.9 Å². The fourth-order valence-electron chi connectivity index (χ4n) is 1.00. The zero-order chi connectivity index (χ0) is 8.81. The van der Waals surface area contributed by atoms with Crippen molar-refractivity contribution in [1.29, 1.82) is 0 Å². The highest BCUT2D eigenvalue weighted by molar-refractivity contribution is 4.97. The van der Waals surface area contributed by atoms with Crippen molar-refractivity contribution in [2.24, 2.45) is 12.8 Å². The molecule has 0 amide bonds. The molecule has 12 heavy (non-hydrogen) atoms. The van der Waals surface area contributed by atoms with E-state index in [4.69, 9.17) is 5.73 Å². The van der Waals surface area contributed by atoms with E-state index in [1.165, 1.54) is 0 Å². The first kappa shape index (κ1) is 9.22. The summed E-state index contributed by atoms with van der Waals surface area (Å²) in [5, 5.41) is 7.49. The standard InChI is InChI=1S/C8H16N4/c1-12-6-3-8(11-12)7-10-5-2-4-9/h3,6,10H,2,4-5,7,9H2,1H3. The molecule has 0 atom stereocenters. The summed E-state index contributed by atoms with van der Waals surface area (Å²) in [6.07, 6.45) is 2.97. The average molecular weight is 168 g/mol. The maximum Gasteiger partial charge on any atom is 0.0762 e. The molecular formula is C8H16N4. The average Bonchev–Trinajstić information content (AvgIpc) is 2.45. The third-order valence-corrected chi connectivity index (χ3v) is 1.63. The van der Waals surface area contributed by atoms with Gasteiger partial charge in [0.05, 0.1) is 5.69 Å². The molecule has 0 fully saturated rings. The van der Waals surface area contributed by atoms with Crippen molar-refractivity contribution < 1.29 is 0 Å². The van der Waals surface area contributed by atoms with E-state index < -0.39 is 0 Å². The van der Waals surface area contributed by atoms with Crippen LogP contribution in [0.2, 0.25) is 0 Å². The van der Waals surface area contributed by atoms with E-state index in [0.717, 1.165) is 31.7 Å². The van der Waals surface area contributed by atoms with E-state index in [9.17, 15) is 0 Å². The predicted molar refractivity (Wildman–Crippen MR) is 48.6 cm³/mol. The van der Waals surface area contributed by atoms with Crippen molar-refractivity contribution in [3.63, 3.8) is 0 Å². The van der Waals surface area contributed by atoms with Gasteiger partial charge in [-0.15, -0.1) is 0 Å². The third kappa shape index (κ3) is 3.02. The first-order valence-electron chi connectivity index (χ1n) is 4.22. The summed E-state index contributed by atoms with van der Waals surface area (Å²) < 4.78 is 1.81. The van der Waals surface area contributed by atoms with Gasteiger partial charge in [0.1, 0.15) is 0 Å². The number of hydrogen-bond donors (Lipinski definition) is 2. The van der Waals surface area contributed by atoms with Gasteiger partial charge in [0.25, 0.3) is 0 Å². The third-order valence-electron chi connectivity index (χ3n) is 1.63. The van der Waals surface area contributed by atoms with E-state index in [0.29, 0.717) is 0 Å². The Labute approximate surface area is 72.8 Å². The van der Waals surface area contributed by atoms with Crippen molar-refractivity contribution in [2.45, 2.75) is 13.0 Å². The van der Waals surface area contributed by atoms with E-state index in [2.05, 4.69) is 10.4 Å². The van der Waals surface area contributed by atoms with Crippen LogP contribution < -0.4 is 11.1 Å². The van der Waals surface area contributed by atoms with Gasteiger partial charge in [0.15, 0.2) is 0 Å². The van der Waals surface area contributed by atoms with Crippen molar-refractivity contribution in [1.82, 2.24) is 15.1 Å². The van der Waals surface area contributed by atoms with Crippen LogP contribution in [-0.4, -0.2) is 22.9 Å². The molecule has 3 N–H and O–H groups in total. The molecule has 0 saturated carbocycles. The molecule has 1 rings (SSSR count). The van der Waals surface area contributed by atoms with Crippen LogP contribution in [0.5, 0.6) is 0 Å². The van der Waals surface area contributed by atoms with Gasteiger partial charge in [-0.2, -0.15) is 5.10 Å². The smallest absolute Gasteiger partial charge is 0.0762 e. The van der Waals surface area contributed by atoms with Crippen molar-refractivity contribution >= 4 is 0 Å². The van der Waals surface area contributed by atoms with E-state index >= 15 is 0 Å². The number of hydrogen-bond acceptors (Lipinski definition) is 3. The second-order valence-electron chi connectivity index (χ2n) is 2.80. The summed E-state index contributed by atoms with van der Waals surface area (Å²) >= 11 is 0. The number of aryl methyl sites for hydroxylation is 1. The van der Waals surface area contributed by atoms with E-state index in [1.807, 2.05) is 19.3 Å². The van der Waals surface area contributed by atoms with Crippen molar-refractivity contribution in [2.75, 3.05) is 13.1 Å². The second kappa shape index (κ2) is 4.90. The lowest BCUT2D eigenvalue weighted by Gasteiger charge is -1.99. The van der Waals surface area contributed by atoms with Gasteiger partial charge in [-0.1, -0.05) is 0 Å². The fraction of sp³-hybridized carbons (Fsp3) is 0.625. The van der Waals surface area contributed by atoms with Crippen molar-refractivity contribution in [3.8, 4) is 0 Å². The molecule has 0 aliphatic heterocycles. The molecule has 1 aromatic rings. The molecule has 0 bridgehead atoms. The molecule has 0 aromatic carbocycles. The minimum Gasteiger partial charge on any atom is -0.330 e. The van der Waals surface area contributed by atoms with Gasteiger partial charge in [-0.25, -0.2) is 0 Å². The highest BCUT2D eigenvalue weighted by Gasteiger charge is 1.94. The molecule has 0 spiro atoms. The first-order valence-corrected chi connectivity index (χ1v) is 4.22. The zero-order valence-corrected chi connectivity index (χ0v) is 7.45. The number of aromatic nitrogens is 2. The molecular weight excluding hydrogens is 152 g/mol. The van der Waals surface area contributed by atoms with Gasteiger partial charge in [0.2, 0.25) is 0 Å². The number of rotatable bonds is 5. The van der Waals surface area contributed by atoms with Crippen LogP contribution in [-0.2, 0) is 13.6 Å². The van der Waals surface area contributed by atoms with E-state index in [1.54, 1.807) is 4.68 Å². The van der Waals surface area contributed by atoms with Gasteiger partial charge in [-0.05, 0) is 25.6 Å². The van der Waals surface area contributed by atoms with E-state index in [-0.39, 0.29) is 0 Å². The maximum absolute atomic E-state index is 5.35. The van der Waals surface area contributed by atoms with Crippen LogP contribution in [0.4, 0.5) is 0 Å². The number of nitrogens with zero attached hydrogens (tertiary/aromatic N) is 2. The second-order valence-corrected chi connectivity index (χ2v) is 2.80. The van der Waals surface area contributed by atoms with Crippen LogP contribution >= 0.6 is 0 Å². The Bertz CT molecular complexity index is 219. The highest BCUT2D eigenvalue weighted by atomic mass is 15.3. The van der Waals surface area contributed by atoms with Crippen LogP contribution in [0.25, 0.3) is 0 Å². The molecule has 0 saturated heterocycles. The summed E-state index contributed by atoms with van der Waals surface area (Å²) in [5.74, 6) is 0. The lowest BCUT2D eigenvalue weighted by Crippen LogP contribution is -2.18. The molecule has 0 aliphatic rings. The molecule has 68 valence electrons. The highest BCUT2D eigenvalue weighted by Crippen LogP contribution is 1.92. The predicted octanol–water partition coefficient (Wildman–Crippen LogP) is -0.141. The Balaban J connectivity index is 2.15. The van der Waals surface area contributed by atoms with Gasteiger partial charge < -0.3 is 11.1 Å². The largest absolute Gasteiger partial charge is 0.330 e. The summed E-state index contributed by atoms with van der Waals surface area (Å²) in [6.45, 7) is 2.54. The molecule has 1 heterocycles. The molecule has 0 aliphatic carbocycles. The Morgan fingerprint density at radius 3 is 3.08 bits per heavy atom.